The predicted molar refractivity (Wildman–Crippen MR) is 107 cm³/mol. The molecule has 2 aliphatic rings. The maximum Gasteiger partial charge on any atom is 0.330 e. The Kier molecular flexibility index (Phi) is 6.26. The normalized spacial score (nSPS) is 17.7. The summed E-state index contributed by atoms with van der Waals surface area (Å²) in [5.41, 5.74) is 0.911. The summed E-state index contributed by atoms with van der Waals surface area (Å²) >= 11 is 0. The lowest BCUT2D eigenvalue weighted by molar-refractivity contribution is -0.146. The topological polar surface area (TPSA) is 77.4 Å². The molecular formula is C22H32N2O4. The van der Waals surface area contributed by atoms with E-state index < -0.39 is 17.4 Å². The molecule has 1 heterocycles. The van der Waals surface area contributed by atoms with Gasteiger partial charge in [-0.2, -0.15) is 0 Å². The van der Waals surface area contributed by atoms with Gasteiger partial charge in [0.2, 0.25) is 0 Å². The van der Waals surface area contributed by atoms with E-state index in [0.717, 1.165) is 49.8 Å². The van der Waals surface area contributed by atoms with Crippen molar-refractivity contribution in [1.29, 1.82) is 0 Å². The Morgan fingerprint density at radius 3 is 2.50 bits per heavy atom. The van der Waals surface area contributed by atoms with E-state index in [2.05, 4.69) is 5.32 Å². The lowest BCUT2D eigenvalue weighted by atomic mass is 9.88. The van der Waals surface area contributed by atoms with E-state index in [9.17, 15) is 14.4 Å². The molecule has 154 valence electrons. The van der Waals surface area contributed by atoms with Crippen molar-refractivity contribution >= 4 is 11.9 Å². The molecule has 2 aliphatic carbocycles. The molecule has 0 bridgehead atoms. The standard InChI is InChI=1S/C22H32N2O4/c1-22(2,21(27)28-3)23-19(25)17-13-16-11-7-8-12-18(16)24(20(17)26)14-15-9-5-4-6-10-15/h13,15H,4-12,14H2,1-3H3,(H,23,25). The van der Waals surface area contributed by atoms with Crippen molar-refractivity contribution in [2.45, 2.75) is 83.7 Å². The quantitative estimate of drug-likeness (QED) is 0.787. The molecule has 0 atom stereocenters. The summed E-state index contributed by atoms with van der Waals surface area (Å²) in [6.07, 6.45) is 9.94. The van der Waals surface area contributed by atoms with Gasteiger partial charge in [0.15, 0.2) is 0 Å². The highest BCUT2D eigenvalue weighted by Crippen LogP contribution is 2.27. The molecule has 0 saturated heterocycles. The zero-order valence-corrected chi connectivity index (χ0v) is 17.3. The number of fused-ring (bicyclic) bond motifs is 1. The number of hydrogen-bond donors (Lipinski definition) is 1. The molecule has 0 radical (unpaired) electrons. The second kappa shape index (κ2) is 8.50. The Labute approximate surface area is 166 Å². The van der Waals surface area contributed by atoms with E-state index in [4.69, 9.17) is 4.74 Å². The van der Waals surface area contributed by atoms with Gasteiger partial charge < -0.3 is 14.6 Å². The molecule has 0 spiro atoms. The molecule has 6 heteroatoms. The number of nitrogens with zero attached hydrogens (tertiary/aromatic N) is 1. The van der Waals surface area contributed by atoms with Crippen LogP contribution in [-0.4, -0.2) is 29.1 Å². The van der Waals surface area contributed by atoms with E-state index in [1.54, 1.807) is 19.9 Å². The van der Waals surface area contributed by atoms with Crippen molar-refractivity contribution in [1.82, 2.24) is 9.88 Å². The third-order valence-electron chi connectivity index (χ3n) is 6.13. The molecule has 0 aromatic carbocycles. The molecule has 1 saturated carbocycles. The number of esters is 1. The number of hydrogen-bond acceptors (Lipinski definition) is 4. The Morgan fingerprint density at radius 2 is 1.82 bits per heavy atom. The Bertz CT molecular complexity index is 803. The van der Waals surface area contributed by atoms with E-state index in [0.29, 0.717) is 12.5 Å². The fraction of sp³-hybridized carbons (Fsp3) is 0.682. The van der Waals surface area contributed by atoms with Crippen LogP contribution in [0.2, 0.25) is 0 Å². The number of methoxy groups -OCH3 is 1. The third kappa shape index (κ3) is 4.31. The van der Waals surface area contributed by atoms with Gasteiger partial charge in [0.05, 0.1) is 7.11 Å². The van der Waals surface area contributed by atoms with Gasteiger partial charge in [0, 0.05) is 12.2 Å². The van der Waals surface area contributed by atoms with Crippen LogP contribution in [0.15, 0.2) is 10.9 Å². The van der Waals surface area contributed by atoms with Crippen molar-refractivity contribution in [3.8, 4) is 0 Å². The van der Waals surface area contributed by atoms with E-state index in [1.165, 1.54) is 26.4 Å². The highest BCUT2D eigenvalue weighted by atomic mass is 16.5. The highest BCUT2D eigenvalue weighted by Gasteiger charge is 2.32. The minimum absolute atomic E-state index is 0.133. The van der Waals surface area contributed by atoms with Crippen LogP contribution in [0.4, 0.5) is 0 Å². The Balaban J connectivity index is 1.95. The van der Waals surface area contributed by atoms with Crippen LogP contribution in [0.1, 0.15) is 80.4 Å². The van der Waals surface area contributed by atoms with Gasteiger partial charge >= 0.3 is 5.97 Å². The average Bonchev–Trinajstić information content (AvgIpc) is 2.69. The van der Waals surface area contributed by atoms with Gasteiger partial charge in [0.25, 0.3) is 11.5 Å². The highest BCUT2D eigenvalue weighted by molar-refractivity contribution is 5.97. The molecule has 3 rings (SSSR count). The molecule has 6 nitrogen and oxygen atoms in total. The van der Waals surface area contributed by atoms with Gasteiger partial charge in [-0.1, -0.05) is 19.3 Å². The third-order valence-corrected chi connectivity index (χ3v) is 6.13. The van der Waals surface area contributed by atoms with Crippen LogP contribution >= 0.6 is 0 Å². The number of amides is 1. The minimum Gasteiger partial charge on any atom is -0.467 e. The summed E-state index contributed by atoms with van der Waals surface area (Å²) in [4.78, 5) is 38.1. The van der Waals surface area contributed by atoms with Crippen molar-refractivity contribution in [3.05, 3.63) is 33.2 Å². The zero-order valence-electron chi connectivity index (χ0n) is 17.3. The summed E-state index contributed by atoms with van der Waals surface area (Å²) in [7, 11) is 1.28. The van der Waals surface area contributed by atoms with Crippen molar-refractivity contribution in [2.75, 3.05) is 7.11 Å². The number of nitrogens with one attached hydrogen (secondary N) is 1. The zero-order chi connectivity index (χ0) is 20.3. The first kappa shape index (κ1) is 20.6. The summed E-state index contributed by atoms with van der Waals surface area (Å²) in [5.74, 6) is -0.546. The van der Waals surface area contributed by atoms with Crippen molar-refractivity contribution in [2.24, 2.45) is 5.92 Å². The number of pyridine rings is 1. The number of rotatable bonds is 5. The molecule has 1 fully saturated rings. The Hall–Kier alpha value is -2.11. The molecule has 0 aliphatic heterocycles. The second-order valence-electron chi connectivity index (χ2n) is 8.73. The number of aromatic nitrogens is 1. The number of carbonyl (C=O) groups excluding carboxylic acids is 2. The first-order chi connectivity index (χ1) is 13.3. The lowest BCUT2D eigenvalue weighted by Crippen LogP contribution is -2.51. The maximum absolute atomic E-state index is 13.3. The summed E-state index contributed by atoms with van der Waals surface area (Å²) in [6, 6.07) is 1.75. The second-order valence-corrected chi connectivity index (χ2v) is 8.73. The first-order valence-electron chi connectivity index (χ1n) is 10.5. The maximum atomic E-state index is 13.3. The lowest BCUT2D eigenvalue weighted by Gasteiger charge is -2.28. The number of carbonyl (C=O) groups is 2. The molecular weight excluding hydrogens is 356 g/mol. The molecule has 1 aromatic rings. The van der Waals surface area contributed by atoms with Crippen LogP contribution in [0.25, 0.3) is 0 Å². The largest absolute Gasteiger partial charge is 0.467 e. The van der Waals surface area contributed by atoms with E-state index >= 15 is 0 Å². The summed E-state index contributed by atoms with van der Waals surface area (Å²) < 4.78 is 6.63. The SMILES string of the molecule is COC(=O)C(C)(C)NC(=O)c1cc2c(n(CC3CCCCC3)c1=O)CCCC2. The summed E-state index contributed by atoms with van der Waals surface area (Å²) in [6.45, 7) is 3.86. The van der Waals surface area contributed by atoms with Gasteiger partial charge in [-0.3, -0.25) is 9.59 Å². The fourth-order valence-corrected chi connectivity index (χ4v) is 4.52. The predicted octanol–water partition coefficient (Wildman–Crippen LogP) is 2.99. The van der Waals surface area contributed by atoms with Crippen LogP contribution in [-0.2, 0) is 28.9 Å². The van der Waals surface area contributed by atoms with Crippen molar-refractivity contribution in [3.63, 3.8) is 0 Å². The van der Waals surface area contributed by atoms with Gasteiger partial charge in [-0.05, 0) is 69.9 Å². The van der Waals surface area contributed by atoms with Crippen LogP contribution in [0.5, 0.6) is 0 Å². The van der Waals surface area contributed by atoms with E-state index in [-0.39, 0.29) is 11.1 Å². The molecule has 1 N–H and O–H groups in total. The van der Waals surface area contributed by atoms with Gasteiger partial charge in [0.1, 0.15) is 11.1 Å². The smallest absolute Gasteiger partial charge is 0.330 e. The molecule has 0 unspecified atom stereocenters. The average molecular weight is 389 g/mol. The number of aryl methyl sites for hydroxylation is 1. The van der Waals surface area contributed by atoms with Gasteiger partial charge in [-0.25, -0.2) is 4.79 Å². The monoisotopic (exact) mass is 388 g/mol. The summed E-state index contributed by atoms with van der Waals surface area (Å²) in [5, 5.41) is 2.67. The van der Waals surface area contributed by atoms with Crippen LogP contribution in [0, 0.1) is 5.92 Å². The van der Waals surface area contributed by atoms with E-state index in [1.807, 2.05) is 4.57 Å². The Morgan fingerprint density at radius 1 is 1.14 bits per heavy atom. The number of ether oxygens (including phenoxy) is 1. The van der Waals surface area contributed by atoms with Crippen molar-refractivity contribution < 1.29 is 14.3 Å². The van der Waals surface area contributed by atoms with Crippen LogP contribution in [0.3, 0.4) is 0 Å². The molecule has 1 amide bonds. The van der Waals surface area contributed by atoms with Crippen LogP contribution < -0.4 is 10.9 Å². The fourth-order valence-electron chi connectivity index (χ4n) is 4.52. The molecule has 28 heavy (non-hydrogen) atoms. The minimum atomic E-state index is -1.19. The molecule has 1 aromatic heterocycles. The van der Waals surface area contributed by atoms with Gasteiger partial charge in [-0.15, -0.1) is 0 Å². The first-order valence-corrected chi connectivity index (χ1v) is 10.5.